The Kier molecular flexibility index (Phi) is 7.63. The van der Waals surface area contributed by atoms with Crippen molar-refractivity contribution < 1.29 is 17.9 Å². The van der Waals surface area contributed by atoms with E-state index in [2.05, 4.69) is 11.4 Å². The van der Waals surface area contributed by atoms with Crippen molar-refractivity contribution >= 4 is 27.3 Å². The van der Waals surface area contributed by atoms with Crippen LogP contribution in [-0.4, -0.2) is 53.6 Å². The minimum Gasteiger partial charge on any atom is -0.494 e. The summed E-state index contributed by atoms with van der Waals surface area (Å²) in [6, 6.07) is 15.0. The smallest absolute Gasteiger partial charge is 0.231 e. The first kappa shape index (κ1) is 22.9. The van der Waals surface area contributed by atoms with E-state index < -0.39 is 10.0 Å². The Balaban J connectivity index is 1.45. The van der Waals surface area contributed by atoms with Crippen molar-refractivity contribution in [2.75, 3.05) is 44.0 Å². The van der Waals surface area contributed by atoms with Gasteiger partial charge in [0.2, 0.25) is 10.0 Å². The van der Waals surface area contributed by atoms with Gasteiger partial charge in [0.15, 0.2) is 0 Å². The zero-order chi connectivity index (χ0) is 21.6. The average molecular weight is 453 g/mol. The first-order valence-corrected chi connectivity index (χ1v) is 12.2. The molecule has 0 amide bonds. The molecule has 1 aliphatic rings. The van der Waals surface area contributed by atoms with E-state index in [0.29, 0.717) is 18.9 Å². The van der Waals surface area contributed by atoms with Gasteiger partial charge in [-0.1, -0.05) is 23.7 Å². The fraction of sp³-hybridized carbons (Fsp3) is 0.455. The average Bonchev–Trinajstić information content (AvgIpc) is 3.15. The summed E-state index contributed by atoms with van der Waals surface area (Å²) in [6.45, 7) is 2.84. The van der Waals surface area contributed by atoms with Gasteiger partial charge in [0, 0.05) is 24.2 Å². The zero-order valence-corrected chi connectivity index (χ0v) is 19.0. The number of hydrogen-bond acceptors (Lipinski definition) is 5. The highest BCUT2D eigenvalue weighted by molar-refractivity contribution is 7.92. The van der Waals surface area contributed by atoms with Crippen LogP contribution in [0.25, 0.3) is 0 Å². The molecule has 8 heteroatoms. The number of nitrogens with zero attached hydrogens (tertiary/aromatic N) is 1. The SMILES string of the molecule is CN(c1ccc(OCCCNC2(Cc3cccc(Cl)c3)CCOC2)cc1)S(C)(=O)=O. The summed E-state index contributed by atoms with van der Waals surface area (Å²) in [5.41, 5.74) is 1.74. The maximum Gasteiger partial charge on any atom is 0.231 e. The number of ether oxygens (including phenoxy) is 2. The van der Waals surface area contributed by atoms with E-state index >= 15 is 0 Å². The quantitative estimate of drug-likeness (QED) is 0.559. The molecule has 0 spiro atoms. The summed E-state index contributed by atoms with van der Waals surface area (Å²) in [4.78, 5) is 0. The van der Waals surface area contributed by atoms with Crippen LogP contribution in [0.5, 0.6) is 5.75 Å². The second-order valence-electron chi connectivity index (χ2n) is 7.74. The van der Waals surface area contributed by atoms with Crippen LogP contribution in [0.4, 0.5) is 5.69 Å². The third kappa shape index (κ3) is 6.35. The molecule has 0 aromatic heterocycles. The Morgan fingerprint density at radius 1 is 1.23 bits per heavy atom. The molecule has 1 saturated heterocycles. The van der Waals surface area contributed by atoms with Crippen molar-refractivity contribution in [2.45, 2.75) is 24.8 Å². The van der Waals surface area contributed by atoms with Gasteiger partial charge in [0.1, 0.15) is 5.75 Å². The molecule has 6 nitrogen and oxygen atoms in total. The Morgan fingerprint density at radius 2 is 2.00 bits per heavy atom. The second kappa shape index (κ2) is 10.0. The van der Waals surface area contributed by atoms with Crippen LogP contribution in [-0.2, 0) is 21.2 Å². The molecule has 3 rings (SSSR count). The predicted octanol–water partition coefficient (Wildman–Crippen LogP) is 3.50. The van der Waals surface area contributed by atoms with Crippen molar-refractivity contribution in [2.24, 2.45) is 0 Å². The molecule has 0 saturated carbocycles. The molecule has 1 aliphatic heterocycles. The summed E-state index contributed by atoms with van der Waals surface area (Å²) in [7, 11) is -1.73. The summed E-state index contributed by atoms with van der Waals surface area (Å²) < 4.78 is 35.9. The predicted molar refractivity (Wildman–Crippen MR) is 121 cm³/mol. The lowest BCUT2D eigenvalue weighted by atomic mass is 9.90. The normalized spacial score (nSPS) is 19.0. The molecule has 30 heavy (non-hydrogen) atoms. The minimum atomic E-state index is -3.27. The van der Waals surface area contributed by atoms with Crippen LogP contribution in [0.3, 0.4) is 0 Å². The third-order valence-corrected chi connectivity index (χ3v) is 6.76. The number of hydrogen-bond donors (Lipinski definition) is 1. The maximum absolute atomic E-state index is 11.6. The Bertz CT molecular complexity index is 928. The summed E-state index contributed by atoms with van der Waals surface area (Å²) in [5.74, 6) is 0.721. The van der Waals surface area contributed by atoms with Crippen molar-refractivity contribution in [1.82, 2.24) is 5.32 Å². The lowest BCUT2D eigenvalue weighted by Crippen LogP contribution is -2.48. The minimum absolute atomic E-state index is 0.0669. The Hall–Kier alpha value is -1.80. The van der Waals surface area contributed by atoms with Gasteiger partial charge >= 0.3 is 0 Å². The molecule has 0 radical (unpaired) electrons. The second-order valence-corrected chi connectivity index (χ2v) is 10.2. The Labute approximate surface area is 184 Å². The molecular formula is C22H29ClN2O4S. The molecule has 1 N–H and O–H groups in total. The fourth-order valence-corrected chi connectivity index (χ4v) is 4.26. The first-order chi connectivity index (χ1) is 14.3. The molecule has 2 aromatic carbocycles. The number of nitrogens with one attached hydrogen (secondary N) is 1. The van der Waals surface area contributed by atoms with Gasteiger partial charge in [-0.25, -0.2) is 8.42 Å². The highest BCUT2D eigenvalue weighted by Gasteiger charge is 2.34. The van der Waals surface area contributed by atoms with E-state index in [1.165, 1.54) is 23.2 Å². The van der Waals surface area contributed by atoms with Gasteiger partial charge in [-0.05, 0) is 67.8 Å². The topological polar surface area (TPSA) is 67.9 Å². The summed E-state index contributed by atoms with van der Waals surface area (Å²) in [6.07, 6.45) is 3.88. The first-order valence-electron chi connectivity index (χ1n) is 10.0. The molecule has 2 aromatic rings. The molecule has 0 aliphatic carbocycles. The summed E-state index contributed by atoms with van der Waals surface area (Å²) in [5, 5.41) is 4.42. The van der Waals surface area contributed by atoms with Crippen LogP contribution in [0, 0.1) is 0 Å². The van der Waals surface area contributed by atoms with Gasteiger partial charge in [0.05, 0.1) is 25.2 Å². The van der Waals surface area contributed by atoms with E-state index in [9.17, 15) is 8.42 Å². The van der Waals surface area contributed by atoms with Crippen LogP contribution >= 0.6 is 11.6 Å². The van der Waals surface area contributed by atoms with Gasteiger partial charge < -0.3 is 14.8 Å². The standard InChI is InChI=1S/C22H29ClN2O4S/c1-25(30(2,26)27)20-7-9-21(10-8-20)29-13-4-12-24-22(11-14-28-17-22)16-18-5-3-6-19(23)15-18/h3,5-10,15,24H,4,11-14,16-17H2,1-2H3. The number of rotatable bonds is 10. The van der Waals surface area contributed by atoms with Gasteiger partial charge in [-0.3, -0.25) is 4.31 Å². The van der Waals surface area contributed by atoms with Crippen molar-refractivity contribution in [1.29, 1.82) is 0 Å². The van der Waals surface area contributed by atoms with Gasteiger partial charge in [0.25, 0.3) is 0 Å². The lowest BCUT2D eigenvalue weighted by Gasteiger charge is -2.29. The number of sulfonamides is 1. The fourth-order valence-electron chi connectivity index (χ4n) is 3.55. The van der Waals surface area contributed by atoms with E-state index in [-0.39, 0.29) is 5.54 Å². The largest absolute Gasteiger partial charge is 0.494 e. The zero-order valence-electron chi connectivity index (χ0n) is 17.4. The number of anilines is 1. The highest BCUT2D eigenvalue weighted by Crippen LogP contribution is 2.25. The molecule has 0 bridgehead atoms. The number of halogens is 1. The summed E-state index contributed by atoms with van der Waals surface area (Å²) >= 11 is 6.13. The third-order valence-electron chi connectivity index (χ3n) is 5.32. The van der Waals surface area contributed by atoms with Crippen LogP contribution < -0.4 is 14.4 Å². The molecule has 1 atom stereocenters. The van der Waals surface area contributed by atoms with Crippen LogP contribution in [0.1, 0.15) is 18.4 Å². The highest BCUT2D eigenvalue weighted by atomic mass is 35.5. The van der Waals surface area contributed by atoms with Gasteiger partial charge in [-0.15, -0.1) is 0 Å². The maximum atomic E-state index is 11.6. The van der Waals surface area contributed by atoms with Crippen molar-refractivity contribution in [3.05, 3.63) is 59.1 Å². The van der Waals surface area contributed by atoms with E-state index in [1.807, 2.05) is 18.2 Å². The Morgan fingerprint density at radius 3 is 2.63 bits per heavy atom. The molecule has 1 unspecified atom stereocenters. The van der Waals surface area contributed by atoms with Crippen molar-refractivity contribution in [3.8, 4) is 5.75 Å². The van der Waals surface area contributed by atoms with Crippen LogP contribution in [0.2, 0.25) is 5.02 Å². The number of benzene rings is 2. The molecule has 1 fully saturated rings. The molecule has 164 valence electrons. The molecule has 1 heterocycles. The van der Waals surface area contributed by atoms with Gasteiger partial charge in [-0.2, -0.15) is 0 Å². The van der Waals surface area contributed by atoms with E-state index in [1.54, 1.807) is 24.3 Å². The lowest BCUT2D eigenvalue weighted by molar-refractivity contribution is 0.164. The van der Waals surface area contributed by atoms with E-state index in [0.717, 1.165) is 43.2 Å². The van der Waals surface area contributed by atoms with Crippen molar-refractivity contribution in [3.63, 3.8) is 0 Å². The monoisotopic (exact) mass is 452 g/mol. The van der Waals surface area contributed by atoms with E-state index in [4.69, 9.17) is 21.1 Å². The molecular weight excluding hydrogens is 424 g/mol. The van der Waals surface area contributed by atoms with Crippen LogP contribution in [0.15, 0.2) is 48.5 Å².